The zero-order chi connectivity index (χ0) is 15.0. The van der Waals surface area contributed by atoms with Gasteiger partial charge in [-0.3, -0.25) is 9.48 Å². The Balaban J connectivity index is 1.84. The molecule has 6 nitrogen and oxygen atoms in total. The predicted molar refractivity (Wildman–Crippen MR) is 83.3 cm³/mol. The molecule has 0 aromatic carbocycles. The zero-order valence-electron chi connectivity index (χ0n) is 12.1. The van der Waals surface area contributed by atoms with Crippen LogP contribution in [0.5, 0.6) is 0 Å². The summed E-state index contributed by atoms with van der Waals surface area (Å²) >= 11 is 3.35. The SMILES string of the molecule is Cc1cc(NC(=O)c2nn(C)cc2Br)n(C2CCCC2)n1. The van der Waals surface area contributed by atoms with Crippen molar-refractivity contribution in [1.29, 1.82) is 0 Å². The van der Waals surface area contributed by atoms with E-state index in [-0.39, 0.29) is 5.91 Å². The molecule has 2 aromatic rings. The molecule has 0 bridgehead atoms. The average Bonchev–Trinajstić information content (AvgIpc) is 3.10. The lowest BCUT2D eigenvalue weighted by Gasteiger charge is -2.14. The standard InChI is InChI=1S/C14H18BrN5O/c1-9-7-12(20(17-9)10-5-3-4-6-10)16-14(21)13-11(15)8-19(2)18-13/h7-8,10H,3-6H2,1-2H3,(H,16,21). The van der Waals surface area contributed by atoms with Crippen molar-refractivity contribution in [3.63, 3.8) is 0 Å². The molecule has 3 rings (SSSR count). The molecule has 7 heteroatoms. The second kappa shape index (κ2) is 5.63. The quantitative estimate of drug-likeness (QED) is 0.923. The van der Waals surface area contributed by atoms with E-state index in [4.69, 9.17) is 0 Å². The first kappa shape index (κ1) is 14.3. The zero-order valence-corrected chi connectivity index (χ0v) is 13.7. The van der Waals surface area contributed by atoms with E-state index >= 15 is 0 Å². The summed E-state index contributed by atoms with van der Waals surface area (Å²) in [5.74, 6) is 0.531. The van der Waals surface area contributed by atoms with Gasteiger partial charge in [-0.15, -0.1) is 0 Å². The van der Waals surface area contributed by atoms with Crippen LogP contribution in [0.4, 0.5) is 5.82 Å². The summed E-state index contributed by atoms with van der Waals surface area (Å²) in [7, 11) is 1.79. The Kier molecular flexibility index (Phi) is 3.84. The van der Waals surface area contributed by atoms with Crippen LogP contribution < -0.4 is 5.32 Å². The number of hydrogen-bond donors (Lipinski definition) is 1. The van der Waals surface area contributed by atoms with Gasteiger partial charge in [-0.1, -0.05) is 12.8 Å². The summed E-state index contributed by atoms with van der Waals surface area (Å²) in [5.41, 5.74) is 1.30. The van der Waals surface area contributed by atoms with Crippen LogP contribution in [0.25, 0.3) is 0 Å². The minimum Gasteiger partial charge on any atom is -0.305 e. The first-order valence-electron chi connectivity index (χ1n) is 7.11. The molecule has 0 aliphatic heterocycles. The van der Waals surface area contributed by atoms with E-state index in [9.17, 15) is 4.79 Å². The van der Waals surface area contributed by atoms with E-state index in [1.54, 1.807) is 17.9 Å². The number of hydrogen-bond acceptors (Lipinski definition) is 3. The highest BCUT2D eigenvalue weighted by atomic mass is 79.9. The molecule has 112 valence electrons. The number of amides is 1. The molecular weight excluding hydrogens is 334 g/mol. The minimum atomic E-state index is -0.221. The third-order valence-electron chi connectivity index (χ3n) is 3.77. The van der Waals surface area contributed by atoms with Gasteiger partial charge in [0.05, 0.1) is 16.2 Å². The fourth-order valence-corrected chi connectivity index (χ4v) is 3.38. The van der Waals surface area contributed by atoms with Crippen molar-refractivity contribution in [2.75, 3.05) is 5.32 Å². The summed E-state index contributed by atoms with van der Waals surface area (Å²) in [6.07, 6.45) is 6.45. The first-order valence-corrected chi connectivity index (χ1v) is 7.90. The highest BCUT2D eigenvalue weighted by Gasteiger charge is 2.23. The minimum absolute atomic E-state index is 0.221. The molecule has 1 aliphatic carbocycles. The van der Waals surface area contributed by atoms with Crippen molar-refractivity contribution in [3.8, 4) is 0 Å². The lowest BCUT2D eigenvalue weighted by atomic mass is 10.2. The van der Waals surface area contributed by atoms with Crippen LogP contribution in [0.2, 0.25) is 0 Å². The Morgan fingerprint density at radius 3 is 2.71 bits per heavy atom. The third-order valence-corrected chi connectivity index (χ3v) is 4.35. The van der Waals surface area contributed by atoms with Gasteiger partial charge < -0.3 is 5.32 Å². The van der Waals surface area contributed by atoms with Gasteiger partial charge in [-0.2, -0.15) is 10.2 Å². The normalized spacial score (nSPS) is 15.6. The van der Waals surface area contributed by atoms with Gasteiger partial charge in [0.15, 0.2) is 5.69 Å². The maximum Gasteiger partial charge on any atom is 0.278 e. The summed E-state index contributed by atoms with van der Waals surface area (Å²) in [6, 6.07) is 2.30. The Labute approximate surface area is 131 Å². The Morgan fingerprint density at radius 2 is 2.10 bits per heavy atom. The largest absolute Gasteiger partial charge is 0.305 e. The fourth-order valence-electron chi connectivity index (χ4n) is 2.83. The van der Waals surface area contributed by atoms with E-state index in [1.807, 2.05) is 17.7 Å². The van der Waals surface area contributed by atoms with Crippen molar-refractivity contribution in [2.45, 2.75) is 38.6 Å². The number of aryl methyl sites for hydroxylation is 2. The van der Waals surface area contributed by atoms with E-state index in [1.165, 1.54) is 12.8 Å². The summed E-state index contributed by atoms with van der Waals surface area (Å²) in [4.78, 5) is 12.4. The van der Waals surface area contributed by atoms with Crippen LogP contribution in [0.1, 0.15) is 47.9 Å². The Bertz CT molecular complexity index is 669. The van der Waals surface area contributed by atoms with Gasteiger partial charge in [-0.05, 0) is 35.7 Å². The molecule has 1 aliphatic rings. The molecule has 1 amide bonds. The Morgan fingerprint density at radius 1 is 1.38 bits per heavy atom. The number of nitrogens with one attached hydrogen (secondary N) is 1. The third kappa shape index (κ3) is 2.88. The second-order valence-electron chi connectivity index (χ2n) is 5.51. The molecule has 1 N–H and O–H groups in total. The van der Waals surface area contributed by atoms with Crippen LogP contribution in [0.15, 0.2) is 16.7 Å². The van der Waals surface area contributed by atoms with Gasteiger partial charge in [0.1, 0.15) is 5.82 Å². The predicted octanol–water partition coefficient (Wildman–Crippen LogP) is 3.05. The van der Waals surface area contributed by atoms with E-state index in [0.29, 0.717) is 16.2 Å². The van der Waals surface area contributed by atoms with Crippen molar-refractivity contribution in [1.82, 2.24) is 19.6 Å². The molecule has 1 saturated carbocycles. The highest BCUT2D eigenvalue weighted by Crippen LogP contribution is 2.32. The van der Waals surface area contributed by atoms with Crippen LogP contribution in [0.3, 0.4) is 0 Å². The second-order valence-corrected chi connectivity index (χ2v) is 6.36. The molecular formula is C14H18BrN5O. The molecule has 0 radical (unpaired) electrons. The summed E-state index contributed by atoms with van der Waals surface area (Å²) in [5, 5.41) is 11.6. The molecule has 0 unspecified atom stereocenters. The highest BCUT2D eigenvalue weighted by molar-refractivity contribution is 9.10. The average molecular weight is 352 g/mol. The van der Waals surface area contributed by atoms with Crippen LogP contribution in [0, 0.1) is 6.92 Å². The lowest BCUT2D eigenvalue weighted by Crippen LogP contribution is -2.18. The van der Waals surface area contributed by atoms with Gasteiger partial charge in [0, 0.05) is 19.3 Å². The fraction of sp³-hybridized carbons (Fsp3) is 0.500. The van der Waals surface area contributed by atoms with Gasteiger partial charge in [-0.25, -0.2) is 4.68 Å². The van der Waals surface area contributed by atoms with E-state index < -0.39 is 0 Å². The smallest absolute Gasteiger partial charge is 0.278 e. The number of aromatic nitrogens is 4. The van der Waals surface area contributed by atoms with Crippen molar-refractivity contribution < 1.29 is 4.79 Å². The van der Waals surface area contributed by atoms with Crippen molar-refractivity contribution in [2.24, 2.45) is 7.05 Å². The maximum absolute atomic E-state index is 12.4. The Hall–Kier alpha value is -1.63. The topological polar surface area (TPSA) is 64.7 Å². The van der Waals surface area contributed by atoms with Crippen LogP contribution in [-0.2, 0) is 7.05 Å². The van der Waals surface area contributed by atoms with Crippen molar-refractivity contribution >= 4 is 27.7 Å². The summed E-state index contributed by atoms with van der Waals surface area (Å²) < 4.78 is 4.25. The van der Waals surface area contributed by atoms with Crippen LogP contribution in [-0.4, -0.2) is 25.5 Å². The lowest BCUT2D eigenvalue weighted by molar-refractivity contribution is 0.101. The number of carbonyl (C=O) groups excluding carboxylic acids is 1. The summed E-state index contributed by atoms with van der Waals surface area (Å²) in [6.45, 7) is 1.94. The molecule has 0 spiro atoms. The molecule has 2 aromatic heterocycles. The van der Waals surface area contributed by atoms with Gasteiger partial charge in [0.2, 0.25) is 0 Å². The monoisotopic (exact) mass is 351 g/mol. The first-order chi connectivity index (χ1) is 10.0. The van der Waals surface area contributed by atoms with Crippen molar-refractivity contribution in [3.05, 3.63) is 28.1 Å². The number of rotatable bonds is 3. The van der Waals surface area contributed by atoms with Gasteiger partial charge in [0.25, 0.3) is 5.91 Å². The van der Waals surface area contributed by atoms with Crippen LogP contribution >= 0.6 is 15.9 Å². The molecule has 21 heavy (non-hydrogen) atoms. The van der Waals surface area contributed by atoms with E-state index in [2.05, 4.69) is 31.4 Å². The van der Waals surface area contributed by atoms with Gasteiger partial charge >= 0.3 is 0 Å². The number of halogens is 1. The molecule has 0 atom stereocenters. The van der Waals surface area contributed by atoms with E-state index in [0.717, 1.165) is 24.4 Å². The number of nitrogens with zero attached hydrogens (tertiary/aromatic N) is 4. The maximum atomic E-state index is 12.4. The molecule has 1 fully saturated rings. The number of carbonyl (C=O) groups is 1. The molecule has 2 heterocycles. The molecule has 0 saturated heterocycles. The number of anilines is 1.